The van der Waals surface area contributed by atoms with Gasteiger partial charge in [0, 0.05) is 5.54 Å². The molecule has 1 heteroatoms. The van der Waals surface area contributed by atoms with Gasteiger partial charge in [-0.2, -0.15) is 0 Å². The van der Waals surface area contributed by atoms with Gasteiger partial charge in [-0.15, -0.1) is 0 Å². The lowest BCUT2D eigenvalue weighted by molar-refractivity contribution is 0.431. The molecule has 0 bridgehead atoms. The Balaban J connectivity index is 2.34. The normalized spacial score (nSPS) is 12.3. The van der Waals surface area contributed by atoms with Crippen molar-refractivity contribution in [2.45, 2.75) is 53.0 Å². The maximum absolute atomic E-state index is 3.49. The fourth-order valence-electron chi connectivity index (χ4n) is 1.88. The number of aryl methyl sites for hydroxylation is 2. The minimum absolute atomic E-state index is 0.223. The van der Waals surface area contributed by atoms with E-state index < -0.39 is 0 Å². The Morgan fingerprint density at radius 2 is 1.83 bits per heavy atom. The molecule has 1 aromatic carbocycles. The molecule has 0 amide bonds. The molecule has 0 unspecified atom stereocenters. The molecule has 1 N–H and O–H groups in total. The second-order valence-corrected chi connectivity index (χ2v) is 6.07. The second kappa shape index (κ2) is 6.75. The van der Waals surface area contributed by atoms with Crippen LogP contribution in [-0.4, -0.2) is 12.1 Å². The molecule has 0 radical (unpaired) electrons. The van der Waals surface area contributed by atoms with Gasteiger partial charge in [0.1, 0.15) is 0 Å². The van der Waals surface area contributed by atoms with Crippen LogP contribution in [0.4, 0.5) is 0 Å². The lowest BCUT2D eigenvalue weighted by Crippen LogP contribution is -2.36. The topological polar surface area (TPSA) is 12.0 Å². The highest BCUT2D eigenvalue weighted by molar-refractivity contribution is 5.31. The highest BCUT2D eigenvalue weighted by Gasteiger charge is 2.06. The van der Waals surface area contributed by atoms with Crippen molar-refractivity contribution in [2.24, 2.45) is 0 Å². The van der Waals surface area contributed by atoms with E-state index >= 15 is 0 Å². The highest BCUT2D eigenvalue weighted by atomic mass is 14.9. The highest BCUT2D eigenvalue weighted by Crippen LogP contribution is 2.11. The monoisotopic (exact) mass is 245 g/mol. The standard InChI is InChI=1S/C17H27N/c1-14-10-11-15(2)16(13-14)9-7-6-8-12-18-17(3,4)5/h6-7,10-11,13,18H,8-9,12H2,1-5H3. The zero-order valence-electron chi connectivity index (χ0n) is 12.5. The molecule has 0 atom stereocenters. The molecule has 0 spiro atoms. The fourth-order valence-corrected chi connectivity index (χ4v) is 1.88. The molecule has 0 aliphatic rings. The van der Waals surface area contributed by atoms with Crippen molar-refractivity contribution in [1.29, 1.82) is 0 Å². The summed E-state index contributed by atoms with van der Waals surface area (Å²) < 4.78 is 0. The molecule has 0 heterocycles. The first kappa shape index (κ1) is 15.0. The Morgan fingerprint density at radius 1 is 1.11 bits per heavy atom. The summed E-state index contributed by atoms with van der Waals surface area (Å²) in [6.07, 6.45) is 6.71. The maximum atomic E-state index is 3.49. The van der Waals surface area contributed by atoms with Gasteiger partial charge in [-0.3, -0.25) is 0 Å². The van der Waals surface area contributed by atoms with E-state index in [2.05, 4.69) is 70.3 Å². The summed E-state index contributed by atoms with van der Waals surface area (Å²) in [5.74, 6) is 0. The lowest BCUT2D eigenvalue weighted by atomic mass is 10.0. The molecule has 1 aromatic rings. The van der Waals surface area contributed by atoms with E-state index in [1.807, 2.05) is 0 Å². The van der Waals surface area contributed by atoms with Crippen LogP contribution in [0.15, 0.2) is 30.4 Å². The zero-order chi connectivity index (χ0) is 13.6. The van der Waals surface area contributed by atoms with Gasteiger partial charge in [-0.25, -0.2) is 0 Å². The van der Waals surface area contributed by atoms with Crippen LogP contribution in [0.25, 0.3) is 0 Å². The Kier molecular flexibility index (Phi) is 5.61. The van der Waals surface area contributed by atoms with E-state index in [-0.39, 0.29) is 5.54 Å². The number of nitrogens with one attached hydrogen (secondary N) is 1. The van der Waals surface area contributed by atoms with E-state index in [9.17, 15) is 0 Å². The summed E-state index contributed by atoms with van der Waals surface area (Å²) in [4.78, 5) is 0. The number of rotatable bonds is 5. The van der Waals surface area contributed by atoms with Crippen molar-refractivity contribution >= 4 is 0 Å². The smallest absolute Gasteiger partial charge is 0.00966 e. The molecule has 100 valence electrons. The molecular formula is C17H27N. The molecule has 0 fully saturated rings. The summed E-state index contributed by atoms with van der Waals surface area (Å²) in [5.41, 5.74) is 4.40. The van der Waals surface area contributed by atoms with Crippen molar-refractivity contribution in [3.05, 3.63) is 47.0 Å². The Bertz CT molecular complexity index is 397. The van der Waals surface area contributed by atoms with E-state index in [0.717, 1.165) is 19.4 Å². The lowest BCUT2D eigenvalue weighted by Gasteiger charge is -2.19. The molecule has 0 saturated heterocycles. The number of hydrogen-bond acceptors (Lipinski definition) is 1. The Hall–Kier alpha value is -1.08. The third kappa shape index (κ3) is 6.02. The van der Waals surface area contributed by atoms with Crippen LogP contribution in [0.1, 0.15) is 43.9 Å². The van der Waals surface area contributed by atoms with E-state index in [1.54, 1.807) is 0 Å². The van der Waals surface area contributed by atoms with Crippen molar-refractivity contribution < 1.29 is 0 Å². The first-order chi connectivity index (χ1) is 8.38. The van der Waals surface area contributed by atoms with Crippen LogP contribution in [0.5, 0.6) is 0 Å². The van der Waals surface area contributed by atoms with E-state index in [1.165, 1.54) is 16.7 Å². The predicted octanol–water partition coefficient (Wildman–Crippen LogP) is 4.18. The molecule has 0 aliphatic heterocycles. The molecule has 0 aromatic heterocycles. The molecular weight excluding hydrogens is 218 g/mol. The number of allylic oxidation sites excluding steroid dienone is 1. The molecule has 1 rings (SSSR count). The Labute approximate surface area is 112 Å². The third-order valence-corrected chi connectivity index (χ3v) is 2.98. The summed E-state index contributed by atoms with van der Waals surface area (Å²) in [6.45, 7) is 12.0. The van der Waals surface area contributed by atoms with Gasteiger partial charge in [0.2, 0.25) is 0 Å². The van der Waals surface area contributed by atoms with E-state index in [4.69, 9.17) is 0 Å². The predicted molar refractivity (Wildman–Crippen MR) is 81.1 cm³/mol. The number of benzene rings is 1. The van der Waals surface area contributed by atoms with Crippen LogP contribution >= 0.6 is 0 Å². The van der Waals surface area contributed by atoms with Gasteiger partial charge < -0.3 is 5.32 Å². The van der Waals surface area contributed by atoms with Crippen molar-refractivity contribution in [1.82, 2.24) is 5.32 Å². The summed E-state index contributed by atoms with van der Waals surface area (Å²) in [7, 11) is 0. The molecule has 0 saturated carbocycles. The van der Waals surface area contributed by atoms with Gasteiger partial charge in [-0.05, 0) is 65.1 Å². The van der Waals surface area contributed by atoms with Crippen molar-refractivity contribution in [3.8, 4) is 0 Å². The minimum Gasteiger partial charge on any atom is -0.312 e. The second-order valence-electron chi connectivity index (χ2n) is 6.07. The zero-order valence-corrected chi connectivity index (χ0v) is 12.5. The maximum Gasteiger partial charge on any atom is 0.00966 e. The fraction of sp³-hybridized carbons (Fsp3) is 0.529. The van der Waals surface area contributed by atoms with Crippen molar-refractivity contribution in [3.63, 3.8) is 0 Å². The van der Waals surface area contributed by atoms with Crippen LogP contribution in [0.2, 0.25) is 0 Å². The minimum atomic E-state index is 0.223. The van der Waals surface area contributed by atoms with Crippen LogP contribution in [-0.2, 0) is 6.42 Å². The van der Waals surface area contributed by atoms with E-state index in [0.29, 0.717) is 0 Å². The summed E-state index contributed by atoms with van der Waals surface area (Å²) in [5, 5.41) is 3.49. The molecule has 1 nitrogen and oxygen atoms in total. The first-order valence-corrected chi connectivity index (χ1v) is 6.84. The number of hydrogen-bond donors (Lipinski definition) is 1. The van der Waals surface area contributed by atoms with Crippen LogP contribution in [0.3, 0.4) is 0 Å². The SMILES string of the molecule is Cc1ccc(C)c(CC=CCCNC(C)(C)C)c1. The van der Waals surface area contributed by atoms with Crippen LogP contribution < -0.4 is 5.32 Å². The first-order valence-electron chi connectivity index (χ1n) is 6.84. The third-order valence-electron chi connectivity index (χ3n) is 2.98. The average molecular weight is 245 g/mol. The van der Waals surface area contributed by atoms with Gasteiger partial charge in [0.15, 0.2) is 0 Å². The molecule has 0 aliphatic carbocycles. The van der Waals surface area contributed by atoms with Crippen LogP contribution in [0, 0.1) is 13.8 Å². The van der Waals surface area contributed by atoms with Gasteiger partial charge >= 0.3 is 0 Å². The average Bonchev–Trinajstić information content (AvgIpc) is 2.26. The van der Waals surface area contributed by atoms with Gasteiger partial charge in [0.25, 0.3) is 0 Å². The van der Waals surface area contributed by atoms with Crippen molar-refractivity contribution in [2.75, 3.05) is 6.54 Å². The summed E-state index contributed by atoms with van der Waals surface area (Å²) >= 11 is 0. The van der Waals surface area contributed by atoms with Gasteiger partial charge in [0.05, 0.1) is 0 Å². The Morgan fingerprint density at radius 3 is 2.50 bits per heavy atom. The largest absolute Gasteiger partial charge is 0.312 e. The molecule has 18 heavy (non-hydrogen) atoms. The quantitative estimate of drug-likeness (QED) is 0.606. The summed E-state index contributed by atoms with van der Waals surface area (Å²) in [6, 6.07) is 6.67. The van der Waals surface area contributed by atoms with Gasteiger partial charge in [-0.1, -0.05) is 35.9 Å².